The maximum atomic E-state index is 5.89. The van der Waals surface area contributed by atoms with Crippen LogP contribution in [0, 0.1) is 0 Å². The van der Waals surface area contributed by atoms with Crippen LogP contribution >= 0.6 is 44.1 Å². The van der Waals surface area contributed by atoms with Gasteiger partial charge < -0.3 is 12.4 Å². The lowest BCUT2D eigenvalue weighted by Crippen LogP contribution is -3.00. The summed E-state index contributed by atoms with van der Waals surface area (Å²) in [5.74, 6) is 0. The fourth-order valence-corrected chi connectivity index (χ4v) is 3.01. The molecular weight excluding hydrogens is 257 g/mol. The van der Waals surface area contributed by atoms with Crippen LogP contribution in [0.4, 0.5) is 0 Å². The molecule has 0 fully saturated rings. The van der Waals surface area contributed by atoms with Gasteiger partial charge in [-0.3, -0.25) is 0 Å². The minimum atomic E-state index is 0. The van der Waals surface area contributed by atoms with Gasteiger partial charge in [-0.1, -0.05) is 23.2 Å². The molecule has 0 aliphatic carbocycles. The average Bonchev–Trinajstić information content (AvgIpc) is 2.45. The minimum absolute atomic E-state index is 0. The van der Waals surface area contributed by atoms with Gasteiger partial charge in [0.15, 0.2) is 5.52 Å². The number of benzene rings is 1. The first-order valence-corrected chi connectivity index (χ1v) is 5.68. The van der Waals surface area contributed by atoms with Crippen molar-refractivity contribution < 1.29 is 12.4 Å². The summed E-state index contributed by atoms with van der Waals surface area (Å²) in [6.45, 7) is 0. The molecule has 64 valence electrons. The summed E-state index contributed by atoms with van der Waals surface area (Å²) >= 11 is 11.7. The first-order chi connectivity index (χ1) is 5.29. The quantitative estimate of drug-likeness (QED) is 0.506. The number of rotatable bonds is 0. The Morgan fingerprint density at radius 3 is 2.83 bits per heavy atom. The van der Waals surface area contributed by atoms with Gasteiger partial charge in [0.05, 0.1) is 10.0 Å². The van der Waals surface area contributed by atoms with E-state index in [9.17, 15) is 0 Å². The zero-order chi connectivity index (χ0) is 7.84. The van der Waals surface area contributed by atoms with Crippen LogP contribution in [0.1, 0.15) is 0 Å². The van der Waals surface area contributed by atoms with Crippen LogP contribution in [-0.4, -0.2) is 4.37 Å². The summed E-state index contributed by atoms with van der Waals surface area (Å²) in [5, 5.41) is 1.12. The van der Waals surface area contributed by atoms with E-state index in [1.54, 1.807) is 16.4 Å². The zero-order valence-electron chi connectivity index (χ0n) is 5.55. The highest BCUT2D eigenvalue weighted by Crippen LogP contribution is 2.33. The van der Waals surface area contributed by atoms with E-state index in [4.69, 9.17) is 23.2 Å². The molecule has 1 aromatic heterocycles. The van der Waals surface area contributed by atoms with Gasteiger partial charge in [0.25, 0.3) is 15.2 Å². The molecule has 0 unspecified atom stereocenters. The molecule has 1 aromatic carbocycles. The molecular formula is C6H2Cl3NS2. The fourth-order valence-electron chi connectivity index (χ4n) is 0.771. The highest BCUT2D eigenvalue weighted by atomic mass is 35.5. The first-order valence-electron chi connectivity index (χ1n) is 2.82. The molecule has 0 atom stereocenters. The predicted octanol–water partition coefficient (Wildman–Crippen LogP) is 0.950. The largest absolute Gasteiger partial charge is 1.00 e. The third kappa shape index (κ3) is 1.65. The van der Waals surface area contributed by atoms with Crippen molar-refractivity contribution in [2.75, 3.05) is 0 Å². The topological polar surface area (TPSA) is 12.9 Å². The number of hydrogen-bond acceptors (Lipinski definition) is 2. The first kappa shape index (κ1) is 10.4. The van der Waals surface area contributed by atoms with Crippen LogP contribution in [0.2, 0.25) is 10.0 Å². The molecule has 2 rings (SSSR count). The van der Waals surface area contributed by atoms with Crippen molar-refractivity contribution in [3.8, 4) is 0 Å². The van der Waals surface area contributed by atoms with Crippen LogP contribution in [-0.2, 0) is 0 Å². The highest BCUT2D eigenvalue weighted by Gasteiger charge is 2.14. The van der Waals surface area contributed by atoms with Crippen molar-refractivity contribution in [1.29, 1.82) is 0 Å². The van der Waals surface area contributed by atoms with Gasteiger partial charge in [-0.2, -0.15) is 0 Å². The second-order valence-electron chi connectivity index (χ2n) is 1.96. The minimum Gasteiger partial charge on any atom is -1.00 e. The zero-order valence-corrected chi connectivity index (χ0v) is 9.45. The number of aromatic nitrogens is 1. The molecule has 0 saturated carbocycles. The lowest BCUT2D eigenvalue weighted by Gasteiger charge is -1.89. The Balaban J connectivity index is 0.000000720. The molecule has 0 radical (unpaired) electrons. The molecule has 12 heavy (non-hydrogen) atoms. The molecule has 0 amide bonds. The van der Waals surface area contributed by atoms with Gasteiger partial charge in [0.2, 0.25) is 0 Å². The molecule has 0 aliphatic rings. The van der Waals surface area contributed by atoms with Crippen molar-refractivity contribution >= 4 is 54.3 Å². The third-order valence-corrected chi connectivity index (χ3v) is 3.91. The Morgan fingerprint density at radius 1 is 1.33 bits per heavy atom. The van der Waals surface area contributed by atoms with E-state index < -0.39 is 0 Å². The molecule has 6 heteroatoms. The Hall–Kier alpha value is 0.330. The van der Waals surface area contributed by atoms with Gasteiger partial charge in [0, 0.05) is 6.07 Å². The van der Waals surface area contributed by atoms with E-state index in [1.807, 2.05) is 6.07 Å². The van der Waals surface area contributed by atoms with E-state index >= 15 is 0 Å². The molecule has 2 aromatic rings. The van der Waals surface area contributed by atoms with Gasteiger partial charge in [-0.05, 0) is 6.07 Å². The standard InChI is InChI=1S/C6H2Cl2NS2.ClH/c7-3-1-2-4-6(5(3)8)9-11-10-4;/h1-2H;1H/q+1;/p-1. The monoisotopic (exact) mass is 257 g/mol. The van der Waals surface area contributed by atoms with E-state index in [1.165, 1.54) is 10.5 Å². The maximum absolute atomic E-state index is 5.89. The Bertz CT molecular complexity index is 401. The third-order valence-electron chi connectivity index (χ3n) is 1.29. The summed E-state index contributed by atoms with van der Waals surface area (Å²) in [6.07, 6.45) is 0. The summed E-state index contributed by atoms with van der Waals surface area (Å²) in [5.41, 5.74) is 0.814. The lowest BCUT2D eigenvalue weighted by atomic mass is 10.3. The summed E-state index contributed by atoms with van der Waals surface area (Å²) in [4.78, 5) is 0. The second kappa shape index (κ2) is 4.03. The van der Waals surface area contributed by atoms with Gasteiger partial charge >= 0.3 is 10.3 Å². The summed E-state index contributed by atoms with van der Waals surface area (Å²) in [7, 11) is 3.02. The summed E-state index contributed by atoms with van der Waals surface area (Å²) in [6, 6.07) is 3.72. The van der Waals surface area contributed by atoms with E-state index in [0.29, 0.717) is 10.0 Å². The molecule has 0 bridgehead atoms. The maximum Gasteiger partial charge on any atom is 0.323 e. The Labute approximate surface area is 92.9 Å². The van der Waals surface area contributed by atoms with E-state index in [0.717, 1.165) is 10.2 Å². The Morgan fingerprint density at radius 2 is 2.08 bits per heavy atom. The number of fused-ring (bicyclic) bond motifs is 1. The van der Waals surface area contributed by atoms with Crippen molar-refractivity contribution in [3.05, 3.63) is 22.2 Å². The second-order valence-corrected chi connectivity index (χ2v) is 4.63. The van der Waals surface area contributed by atoms with Crippen molar-refractivity contribution in [3.63, 3.8) is 0 Å². The normalized spacial score (nSPS) is 9.83. The van der Waals surface area contributed by atoms with Crippen LogP contribution in [0.25, 0.3) is 10.2 Å². The highest BCUT2D eigenvalue weighted by molar-refractivity contribution is 7.69. The Kier molecular flexibility index (Phi) is 3.49. The molecule has 0 aliphatic heterocycles. The smallest absolute Gasteiger partial charge is 0.323 e. The fraction of sp³-hybridized carbons (Fsp3) is 0. The molecule has 0 saturated heterocycles. The van der Waals surface area contributed by atoms with Gasteiger partial charge in [-0.25, -0.2) is 0 Å². The number of halogens is 3. The number of nitrogens with zero attached hydrogens (tertiary/aromatic N) is 1. The van der Waals surface area contributed by atoms with Gasteiger partial charge in [0.1, 0.15) is 0 Å². The SMILES string of the molecule is Clc1ccc2[s+]snc2c1Cl.[Cl-]. The van der Waals surface area contributed by atoms with Crippen LogP contribution in [0.15, 0.2) is 12.1 Å². The molecule has 0 N–H and O–H groups in total. The predicted molar refractivity (Wildman–Crippen MR) is 51.9 cm³/mol. The molecule has 1 heterocycles. The number of hydrogen-bond donors (Lipinski definition) is 0. The van der Waals surface area contributed by atoms with Gasteiger partial charge in [-0.15, -0.1) is 4.37 Å². The van der Waals surface area contributed by atoms with E-state index in [2.05, 4.69) is 4.37 Å². The van der Waals surface area contributed by atoms with Crippen LogP contribution < -0.4 is 12.4 Å². The van der Waals surface area contributed by atoms with Crippen molar-refractivity contribution in [2.24, 2.45) is 0 Å². The van der Waals surface area contributed by atoms with Crippen LogP contribution in [0.5, 0.6) is 0 Å². The lowest BCUT2D eigenvalue weighted by molar-refractivity contribution is -0.00000188. The molecule has 1 nitrogen and oxygen atoms in total. The average molecular weight is 259 g/mol. The van der Waals surface area contributed by atoms with Crippen molar-refractivity contribution in [2.45, 2.75) is 0 Å². The molecule has 0 spiro atoms. The van der Waals surface area contributed by atoms with E-state index in [-0.39, 0.29) is 12.4 Å². The van der Waals surface area contributed by atoms with Crippen LogP contribution in [0.3, 0.4) is 0 Å². The van der Waals surface area contributed by atoms with Crippen molar-refractivity contribution in [1.82, 2.24) is 4.37 Å². The summed E-state index contributed by atoms with van der Waals surface area (Å²) < 4.78 is 5.21.